The van der Waals surface area contributed by atoms with Gasteiger partial charge in [0.15, 0.2) is 0 Å². The first kappa shape index (κ1) is 21.3. The maximum absolute atomic E-state index is 12.7. The number of para-hydroxylation sites is 1. The van der Waals surface area contributed by atoms with E-state index in [0.29, 0.717) is 5.69 Å². The number of benzene rings is 2. The minimum absolute atomic E-state index is 0.160. The predicted octanol–water partition coefficient (Wildman–Crippen LogP) is 0.986. The van der Waals surface area contributed by atoms with Gasteiger partial charge < -0.3 is 4.90 Å². The summed E-state index contributed by atoms with van der Waals surface area (Å²) < 4.78 is 52.1. The standard InChI is InChI=1S/C19H23N3O5S2/c1-28(24,25)22(17-8-4-2-5-9-17)16-19(23)20-12-14-21(15-13-20)29(26,27)18-10-6-3-7-11-18/h2-11H,12-16H2,1H3. The van der Waals surface area contributed by atoms with E-state index in [1.54, 1.807) is 48.5 Å². The molecule has 1 fully saturated rings. The fraction of sp³-hybridized carbons (Fsp3) is 0.316. The normalized spacial score (nSPS) is 15.8. The van der Waals surface area contributed by atoms with Crippen LogP contribution in [0.2, 0.25) is 0 Å². The lowest BCUT2D eigenvalue weighted by Gasteiger charge is -2.35. The van der Waals surface area contributed by atoms with E-state index in [0.717, 1.165) is 10.6 Å². The molecule has 1 aliphatic heterocycles. The monoisotopic (exact) mass is 437 g/mol. The van der Waals surface area contributed by atoms with E-state index in [1.165, 1.54) is 21.3 Å². The SMILES string of the molecule is CS(=O)(=O)N(CC(=O)N1CCN(S(=O)(=O)c2ccccc2)CC1)c1ccccc1. The summed E-state index contributed by atoms with van der Waals surface area (Å²) in [4.78, 5) is 14.4. The summed E-state index contributed by atoms with van der Waals surface area (Å²) in [6.45, 7) is 0.406. The number of sulfonamides is 2. The van der Waals surface area contributed by atoms with E-state index in [4.69, 9.17) is 0 Å². The van der Waals surface area contributed by atoms with Crippen molar-refractivity contribution in [3.63, 3.8) is 0 Å². The second-order valence-electron chi connectivity index (χ2n) is 6.70. The molecule has 1 saturated heterocycles. The quantitative estimate of drug-likeness (QED) is 0.672. The Labute approximate surface area is 171 Å². The molecule has 0 radical (unpaired) electrons. The number of piperazine rings is 1. The van der Waals surface area contributed by atoms with E-state index in [9.17, 15) is 21.6 Å². The van der Waals surface area contributed by atoms with E-state index in [2.05, 4.69) is 0 Å². The maximum atomic E-state index is 12.7. The summed E-state index contributed by atoms with van der Waals surface area (Å²) in [6, 6.07) is 16.6. The van der Waals surface area contributed by atoms with Gasteiger partial charge in [-0.15, -0.1) is 0 Å². The summed E-state index contributed by atoms with van der Waals surface area (Å²) in [6.07, 6.45) is 1.05. The third-order valence-corrected chi connectivity index (χ3v) is 7.75. The summed E-state index contributed by atoms with van der Waals surface area (Å²) in [5, 5.41) is 0. The van der Waals surface area contributed by atoms with Crippen LogP contribution in [0, 0.1) is 0 Å². The summed E-state index contributed by atoms with van der Waals surface area (Å²) in [5.74, 6) is -0.365. The lowest BCUT2D eigenvalue weighted by Crippen LogP contribution is -2.53. The number of hydrogen-bond acceptors (Lipinski definition) is 5. The van der Waals surface area contributed by atoms with Crippen LogP contribution in [-0.4, -0.2) is 70.9 Å². The molecule has 0 bridgehead atoms. The molecule has 0 aromatic heterocycles. The summed E-state index contributed by atoms with van der Waals surface area (Å²) in [5.41, 5.74) is 0.411. The third-order valence-electron chi connectivity index (χ3n) is 4.70. The molecule has 0 aliphatic carbocycles. The van der Waals surface area contributed by atoms with E-state index in [-0.39, 0.29) is 43.5 Å². The molecule has 8 nitrogen and oxygen atoms in total. The van der Waals surface area contributed by atoms with Crippen LogP contribution in [0.15, 0.2) is 65.6 Å². The van der Waals surface area contributed by atoms with Gasteiger partial charge in [-0.3, -0.25) is 9.10 Å². The van der Waals surface area contributed by atoms with Gasteiger partial charge in [-0.25, -0.2) is 16.8 Å². The van der Waals surface area contributed by atoms with Crippen LogP contribution in [0.5, 0.6) is 0 Å². The Bertz CT molecular complexity index is 1050. The van der Waals surface area contributed by atoms with Gasteiger partial charge in [-0.1, -0.05) is 36.4 Å². The minimum Gasteiger partial charge on any atom is -0.338 e. The Balaban J connectivity index is 1.67. The first-order chi connectivity index (χ1) is 13.7. The number of carbonyl (C=O) groups is 1. The van der Waals surface area contributed by atoms with Gasteiger partial charge in [0.1, 0.15) is 6.54 Å². The Morgan fingerprint density at radius 1 is 0.862 bits per heavy atom. The van der Waals surface area contributed by atoms with Gasteiger partial charge in [0.25, 0.3) is 0 Å². The second-order valence-corrected chi connectivity index (χ2v) is 10.5. The molecule has 10 heteroatoms. The molecule has 1 amide bonds. The van der Waals surface area contributed by atoms with Crippen LogP contribution in [0.3, 0.4) is 0 Å². The topological polar surface area (TPSA) is 95.1 Å². The molecule has 1 heterocycles. The van der Waals surface area contributed by atoms with Crippen molar-refractivity contribution in [1.29, 1.82) is 0 Å². The van der Waals surface area contributed by atoms with Crippen LogP contribution in [-0.2, 0) is 24.8 Å². The van der Waals surface area contributed by atoms with Gasteiger partial charge in [0.05, 0.1) is 16.8 Å². The first-order valence-corrected chi connectivity index (χ1v) is 12.3. The fourth-order valence-corrected chi connectivity index (χ4v) is 5.43. The van der Waals surface area contributed by atoms with Crippen molar-refractivity contribution < 1.29 is 21.6 Å². The van der Waals surface area contributed by atoms with Crippen molar-refractivity contribution in [2.24, 2.45) is 0 Å². The predicted molar refractivity (Wildman–Crippen MR) is 110 cm³/mol. The number of carbonyl (C=O) groups excluding carboxylic acids is 1. The first-order valence-electron chi connectivity index (χ1n) is 9.05. The number of amides is 1. The minimum atomic E-state index is -3.64. The van der Waals surface area contributed by atoms with Gasteiger partial charge in [-0.05, 0) is 24.3 Å². The second kappa shape index (κ2) is 8.52. The highest BCUT2D eigenvalue weighted by Gasteiger charge is 2.31. The number of anilines is 1. The number of hydrogen-bond donors (Lipinski definition) is 0. The van der Waals surface area contributed by atoms with Crippen molar-refractivity contribution in [3.05, 3.63) is 60.7 Å². The maximum Gasteiger partial charge on any atom is 0.243 e. The molecule has 29 heavy (non-hydrogen) atoms. The molecule has 3 rings (SSSR count). The number of nitrogens with zero attached hydrogens (tertiary/aromatic N) is 3. The van der Waals surface area contributed by atoms with Crippen molar-refractivity contribution in [1.82, 2.24) is 9.21 Å². The van der Waals surface area contributed by atoms with Crippen LogP contribution in [0.25, 0.3) is 0 Å². The van der Waals surface area contributed by atoms with Gasteiger partial charge in [0.2, 0.25) is 26.0 Å². The fourth-order valence-electron chi connectivity index (χ4n) is 3.14. The summed E-state index contributed by atoms with van der Waals surface area (Å²) in [7, 11) is -7.25. The van der Waals surface area contributed by atoms with E-state index in [1.807, 2.05) is 0 Å². The average molecular weight is 438 g/mol. The molecule has 0 spiro atoms. The summed E-state index contributed by atoms with van der Waals surface area (Å²) >= 11 is 0. The van der Waals surface area contributed by atoms with Gasteiger partial charge in [-0.2, -0.15) is 4.31 Å². The lowest BCUT2D eigenvalue weighted by molar-refractivity contribution is -0.130. The smallest absolute Gasteiger partial charge is 0.243 e. The zero-order chi connectivity index (χ0) is 21.1. The third kappa shape index (κ3) is 4.95. The van der Waals surface area contributed by atoms with Gasteiger partial charge in [0, 0.05) is 26.2 Å². The van der Waals surface area contributed by atoms with Crippen LogP contribution >= 0.6 is 0 Å². The molecule has 2 aromatic carbocycles. The molecule has 156 valence electrons. The Kier molecular flexibility index (Phi) is 6.25. The zero-order valence-corrected chi connectivity index (χ0v) is 17.6. The van der Waals surface area contributed by atoms with Crippen LogP contribution < -0.4 is 4.31 Å². The molecule has 0 N–H and O–H groups in total. The van der Waals surface area contributed by atoms with Crippen molar-refractivity contribution in [2.45, 2.75) is 4.90 Å². The van der Waals surface area contributed by atoms with Crippen LogP contribution in [0.1, 0.15) is 0 Å². The molecular weight excluding hydrogens is 414 g/mol. The van der Waals surface area contributed by atoms with E-state index < -0.39 is 20.0 Å². The highest BCUT2D eigenvalue weighted by molar-refractivity contribution is 7.92. The van der Waals surface area contributed by atoms with Gasteiger partial charge >= 0.3 is 0 Å². The van der Waals surface area contributed by atoms with E-state index >= 15 is 0 Å². The van der Waals surface area contributed by atoms with Crippen LogP contribution in [0.4, 0.5) is 5.69 Å². The molecule has 0 saturated carbocycles. The molecule has 1 aliphatic rings. The molecule has 0 atom stereocenters. The Morgan fingerprint density at radius 2 is 1.38 bits per heavy atom. The molecule has 2 aromatic rings. The zero-order valence-electron chi connectivity index (χ0n) is 16.0. The highest BCUT2D eigenvalue weighted by Crippen LogP contribution is 2.19. The Morgan fingerprint density at radius 3 is 1.90 bits per heavy atom. The highest BCUT2D eigenvalue weighted by atomic mass is 32.2. The Hall–Kier alpha value is -2.43. The van der Waals surface area contributed by atoms with Crippen molar-refractivity contribution >= 4 is 31.6 Å². The molecular formula is C19H23N3O5S2. The molecule has 0 unspecified atom stereocenters. The average Bonchev–Trinajstić information content (AvgIpc) is 2.72. The lowest BCUT2D eigenvalue weighted by atomic mass is 10.3. The number of rotatable bonds is 6. The van der Waals surface area contributed by atoms with Crippen molar-refractivity contribution in [2.75, 3.05) is 43.3 Å². The largest absolute Gasteiger partial charge is 0.338 e. The van der Waals surface area contributed by atoms with Crippen molar-refractivity contribution in [3.8, 4) is 0 Å².